The van der Waals surface area contributed by atoms with Crippen molar-refractivity contribution < 1.29 is 0 Å². The van der Waals surface area contributed by atoms with E-state index in [1.54, 1.807) is 6.21 Å². The van der Waals surface area contributed by atoms with E-state index in [1.165, 1.54) is 0 Å². The van der Waals surface area contributed by atoms with E-state index < -0.39 is 0 Å². The van der Waals surface area contributed by atoms with Crippen LogP contribution in [-0.2, 0) is 0 Å². The zero-order valence-electron chi connectivity index (χ0n) is 4.39. The van der Waals surface area contributed by atoms with Crippen molar-refractivity contribution in [1.82, 2.24) is 0 Å². The van der Waals surface area contributed by atoms with E-state index in [0.717, 1.165) is 5.57 Å². The Kier molecular flexibility index (Phi) is 2.85. The van der Waals surface area contributed by atoms with Crippen LogP contribution in [0.5, 0.6) is 0 Å². The summed E-state index contributed by atoms with van der Waals surface area (Å²) in [4.78, 5) is 0. The number of hydrogen-bond donors (Lipinski definition) is 0. The zero-order valence-corrected chi connectivity index (χ0v) is 4.39. The van der Waals surface area contributed by atoms with Crippen LogP contribution in [0.3, 0.4) is 0 Å². The van der Waals surface area contributed by atoms with Crippen molar-refractivity contribution in [3.63, 3.8) is 0 Å². The van der Waals surface area contributed by atoms with E-state index in [-0.39, 0.29) is 0 Å². The third-order valence-corrected chi connectivity index (χ3v) is 0.360. The molecule has 0 aromatic carbocycles. The van der Waals surface area contributed by atoms with Crippen LogP contribution < -0.4 is 0 Å². The van der Waals surface area contributed by atoms with Crippen LogP contribution in [0.15, 0.2) is 22.4 Å². The highest BCUT2D eigenvalue weighted by atomic mass is 15.2. The topological polar surface area (TPSA) is 24.7 Å². The van der Waals surface area contributed by atoms with Crippen LogP contribution in [-0.4, -0.2) is 12.9 Å². The third kappa shape index (κ3) is 5.08. The van der Waals surface area contributed by atoms with E-state index in [9.17, 15) is 0 Å². The Bertz CT molecular complexity index is 103. The van der Waals surface area contributed by atoms with Crippen molar-refractivity contribution in [2.24, 2.45) is 10.2 Å². The van der Waals surface area contributed by atoms with Crippen LogP contribution in [0.25, 0.3) is 0 Å². The van der Waals surface area contributed by atoms with Gasteiger partial charge in [-0.05, 0) is 12.5 Å². The van der Waals surface area contributed by atoms with Gasteiger partial charge in [0.1, 0.15) is 0 Å². The van der Waals surface area contributed by atoms with E-state index >= 15 is 0 Å². The van der Waals surface area contributed by atoms with E-state index in [0.29, 0.717) is 0 Å². The highest BCUT2D eigenvalue weighted by molar-refractivity contribution is 5.76. The van der Waals surface area contributed by atoms with Crippen LogP contribution in [0.1, 0.15) is 6.92 Å². The van der Waals surface area contributed by atoms with Crippen LogP contribution >= 0.6 is 0 Å². The molecule has 0 rings (SSSR count). The standard InChI is InChI=1S/C5H8N2/c1-5(2)4-7-6-3/h4H,1,3H2,2H3. The van der Waals surface area contributed by atoms with Gasteiger partial charge in [-0.3, -0.25) is 0 Å². The number of rotatable bonds is 2. The summed E-state index contributed by atoms with van der Waals surface area (Å²) < 4.78 is 0. The van der Waals surface area contributed by atoms with Gasteiger partial charge < -0.3 is 0 Å². The van der Waals surface area contributed by atoms with Crippen molar-refractivity contribution in [3.05, 3.63) is 12.2 Å². The van der Waals surface area contributed by atoms with Crippen molar-refractivity contribution in [3.8, 4) is 0 Å². The Morgan fingerprint density at radius 1 is 1.71 bits per heavy atom. The number of nitrogens with zero attached hydrogens (tertiary/aromatic N) is 2. The van der Waals surface area contributed by atoms with E-state index in [4.69, 9.17) is 0 Å². The largest absolute Gasteiger partial charge is 0.167 e. The van der Waals surface area contributed by atoms with Crippen LogP contribution in [0, 0.1) is 0 Å². The first-order chi connectivity index (χ1) is 3.27. The summed E-state index contributed by atoms with van der Waals surface area (Å²) >= 11 is 0. The molecular formula is C5H8N2. The SMILES string of the molecule is C=NN=CC(=C)C. The first-order valence-corrected chi connectivity index (χ1v) is 1.92. The molecule has 0 saturated carbocycles. The fraction of sp³-hybridized carbons (Fsp3) is 0.200. The summed E-state index contributed by atoms with van der Waals surface area (Å²) in [7, 11) is 0. The molecule has 0 saturated heterocycles. The van der Waals surface area contributed by atoms with Gasteiger partial charge in [0.15, 0.2) is 0 Å². The normalized spacial score (nSPS) is 9.29. The summed E-state index contributed by atoms with van der Waals surface area (Å²) in [5, 5.41) is 6.70. The fourth-order valence-electron chi connectivity index (χ4n) is 0.139. The molecular weight excluding hydrogens is 88.1 g/mol. The summed E-state index contributed by atoms with van der Waals surface area (Å²) in [6.45, 7) is 8.54. The fourth-order valence-corrected chi connectivity index (χ4v) is 0.139. The second-order valence-electron chi connectivity index (χ2n) is 1.23. The Morgan fingerprint density at radius 3 is 2.43 bits per heavy atom. The summed E-state index contributed by atoms with van der Waals surface area (Å²) in [6, 6.07) is 0. The minimum atomic E-state index is 0.882. The quantitative estimate of drug-likeness (QED) is 0.365. The smallest absolute Gasteiger partial charge is 0.0518 e. The molecule has 0 aromatic rings. The highest BCUT2D eigenvalue weighted by Crippen LogP contribution is 1.77. The Hall–Kier alpha value is -0.920. The molecule has 0 aliphatic rings. The number of allylic oxidation sites excluding steroid dienone is 1. The van der Waals surface area contributed by atoms with Gasteiger partial charge in [-0.2, -0.15) is 10.2 Å². The zero-order chi connectivity index (χ0) is 5.70. The maximum absolute atomic E-state index is 3.56. The Labute approximate surface area is 43.3 Å². The molecule has 0 radical (unpaired) electrons. The Morgan fingerprint density at radius 2 is 2.29 bits per heavy atom. The van der Waals surface area contributed by atoms with Crippen molar-refractivity contribution in [2.75, 3.05) is 0 Å². The van der Waals surface area contributed by atoms with Crippen LogP contribution in [0.4, 0.5) is 0 Å². The second kappa shape index (κ2) is 3.28. The van der Waals surface area contributed by atoms with Crippen molar-refractivity contribution >= 4 is 12.9 Å². The molecule has 0 atom stereocenters. The molecule has 38 valence electrons. The molecule has 0 fully saturated rings. The lowest BCUT2D eigenvalue weighted by Gasteiger charge is -1.75. The maximum atomic E-state index is 3.56. The molecule has 0 spiro atoms. The average molecular weight is 96.1 g/mol. The lowest BCUT2D eigenvalue weighted by Crippen LogP contribution is -1.68. The molecule has 0 N–H and O–H groups in total. The van der Waals surface area contributed by atoms with Gasteiger partial charge in [0.2, 0.25) is 0 Å². The minimum absolute atomic E-state index is 0.882. The highest BCUT2D eigenvalue weighted by Gasteiger charge is 1.67. The molecule has 0 heterocycles. The van der Waals surface area contributed by atoms with Gasteiger partial charge in [-0.15, -0.1) is 0 Å². The van der Waals surface area contributed by atoms with Gasteiger partial charge in [0.05, 0.1) is 6.21 Å². The summed E-state index contributed by atoms with van der Waals surface area (Å²) in [5.41, 5.74) is 0.882. The molecule has 0 aliphatic carbocycles. The first kappa shape index (κ1) is 6.08. The summed E-state index contributed by atoms with van der Waals surface area (Å²) in [5.74, 6) is 0. The molecule has 0 bridgehead atoms. The van der Waals surface area contributed by atoms with Gasteiger partial charge in [-0.25, -0.2) is 0 Å². The predicted octanol–water partition coefficient (Wildman–Crippen LogP) is 1.25. The molecule has 2 heteroatoms. The molecule has 2 nitrogen and oxygen atoms in total. The summed E-state index contributed by atoms with van der Waals surface area (Å²) in [6.07, 6.45) is 1.55. The molecule has 0 unspecified atom stereocenters. The van der Waals surface area contributed by atoms with Crippen LogP contribution in [0.2, 0.25) is 0 Å². The molecule has 0 amide bonds. The van der Waals surface area contributed by atoms with Gasteiger partial charge in [-0.1, -0.05) is 6.58 Å². The van der Waals surface area contributed by atoms with Gasteiger partial charge >= 0.3 is 0 Å². The van der Waals surface area contributed by atoms with E-state index in [2.05, 4.69) is 23.5 Å². The lowest BCUT2D eigenvalue weighted by atomic mass is 10.4. The monoisotopic (exact) mass is 96.1 g/mol. The number of hydrogen-bond acceptors (Lipinski definition) is 2. The molecule has 0 aliphatic heterocycles. The van der Waals surface area contributed by atoms with E-state index in [1.807, 2.05) is 6.92 Å². The van der Waals surface area contributed by atoms with Crippen molar-refractivity contribution in [2.45, 2.75) is 6.92 Å². The van der Waals surface area contributed by atoms with Gasteiger partial charge in [0.25, 0.3) is 0 Å². The Balaban J connectivity index is 3.46. The first-order valence-electron chi connectivity index (χ1n) is 1.92. The average Bonchev–Trinajstić information content (AvgIpc) is 1.61. The minimum Gasteiger partial charge on any atom is -0.167 e. The lowest BCUT2D eigenvalue weighted by molar-refractivity contribution is 1.28. The van der Waals surface area contributed by atoms with Gasteiger partial charge in [0, 0.05) is 6.72 Å². The maximum Gasteiger partial charge on any atom is 0.0518 e. The molecule has 7 heavy (non-hydrogen) atoms. The second-order valence-corrected chi connectivity index (χ2v) is 1.23. The predicted molar refractivity (Wildman–Crippen MR) is 32.9 cm³/mol. The molecule has 0 aromatic heterocycles. The third-order valence-electron chi connectivity index (χ3n) is 0.360. The van der Waals surface area contributed by atoms with Crippen molar-refractivity contribution in [1.29, 1.82) is 0 Å².